The fraction of sp³-hybridized carbons (Fsp3) is 0.231. The summed E-state index contributed by atoms with van der Waals surface area (Å²) in [4.78, 5) is 15.6. The lowest BCUT2D eigenvalue weighted by Crippen LogP contribution is -2.13. The standard InChI is InChI=1S/C26H27NO6/c1-30-22-14-8-21(9-15-22)25(27-31-2)18-33-24-12-5-20(6-13-24)17-32-23-10-3-19(4-11-23)7-16-26(28)29/h3-6,8-15H,7,16-18H2,1-2H3,(H,28,29). The Morgan fingerprint density at radius 2 is 1.36 bits per heavy atom. The zero-order valence-corrected chi connectivity index (χ0v) is 18.7. The third-order valence-electron chi connectivity index (χ3n) is 4.88. The first kappa shape index (κ1) is 23.7. The molecule has 0 aliphatic carbocycles. The van der Waals surface area contributed by atoms with Crippen LogP contribution in [0.2, 0.25) is 0 Å². The van der Waals surface area contributed by atoms with Gasteiger partial charge in [-0.05, 0) is 66.1 Å². The maximum absolute atomic E-state index is 10.7. The highest BCUT2D eigenvalue weighted by atomic mass is 16.6. The number of carboxylic acids is 1. The second kappa shape index (κ2) is 12.1. The maximum atomic E-state index is 10.7. The van der Waals surface area contributed by atoms with Crippen LogP contribution in [0.5, 0.6) is 17.2 Å². The number of benzene rings is 3. The first-order valence-corrected chi connectivity index (χ1v) is 10.5. The van der Waals surface area contributed by atoms with Gasteiger partial charge in [0.15, 0.2) is 0 Å². The van der Waals surface area contributed by atoms with Crippen LogP contribution in [0.15, 0.2) is 78.0 Å². The molecule has 0 aromatic heterocycles. The van der Waals surface area contributed by atoms with Crippen LogP contribution in [0.1, 0.15) is 23.1 Å². The van der Waals surface area contributed by atoms with Crippen LogP contribution < -0.4 is 14.2 Å². The average molecular weight is 450 g/mol. The fourth-order valence-electron chi connectivity index (χ4n) is 3.06. The summed E-state index contributed by atoms with van der Waals surface area (Å²) in [6.07, 6.45) is 0.625. The largest absolute Gasteiger partial charge is 0.497 e. The van der Waals surface area contributed by atoms with Crippen molar-refractivity contribution in [3.63, 3.8) is 0 Å². The van der Waals surface area contributed by atoms with E-state index in [2.05, 4.69) is 5.16 Å². The molecule has 0 heterocycles. The quantitative estimate of drug-likeness (QED) is 0.318. The third-order valence-corrected chi connectivity index (χ3v) is 4.88. The third kappa shape index (κ3) is 7.57. The summed E-state index contributed by atoms with van der Waals surface area (Å²) in [7, 11) is 3.12. The van der Waals surface area contributed by atoms with E-state index in [4.69, 9.17) is 24.2 Å². The maximum Gasteiger partial charge on any atom is 0.303 e. The van der Waals surface area contributed by atoms with Crippen LogP contribution >= 0.6 is 0 Å². The summed E-state index contributed by atoms with van der Waals surface area (Å²) in [6, 6.07) is 22.6. The number of ether oxygens (including phenoxy) is 3. The van der Waals surface area contributed by atoms with Gasteiger partial charge < -0.3 is 24.2 Å². The molecule has 0 aliphatic heterocycles. The number of carboxylic acid groups (broad SMARTS) is 1. The van der Waals surface area contributed by atoms with Crippen molar-refractivity contribution in [1.82, 2.24) is 0 Å². The van der Waals surface area contributed by atoms with Gasteiger partial charge in [0, 0.05) is 12.0 Å². The molecule has 0 atom stereocenters. The first-order valence-electron chi connectivity index (χ1n) is 10.5. The Bertz CT molecular complexity index is 1040. The Kier molecular flexibility index (Phi) is 8.71. The minimum absolute atomic E-state index is 0.119. The van der Waals surface area contributed by atoms with Crippen molar-refractivity contribution in [2.24, 2.45) is 5.16 Å². The molecule has 3 rings (SSSR count). The summed E-state index contributed by atoms with van der Waals surface area (Å²) in [5, 5.41) is 12.8. The molecule has 0 radical (unpaired) electrons. The molecule has 0 amide bonds. The van der Waals surface area contributed by atoms with Crippen LogP contribution in [-0.4, -0.2) is 37.6 Å². The number of aryl methyl sites for hydroxylation is 1. The van der Waals surface area contributed by atoms with E-state index in [-0.39, 0.29) is 13.0 Å². The van der Waals surface area contributed by atoms with Crippen molar-refractivity contribution in [2.45, 2.75) is 19.4 Å². The molecular weight excluding hydrogens is 422 g/mol. The molecule has 0 aliphatic rings. The molecule has 0 saturated heterocycles. The summed E-state index contributed by atoms with van der Waals surface area (Å²) >= 11 is 0. The van der Waals surface area contributed by atoms with Crippen LogP contribution in [-0.2, 0) is 22.7 Å². The number of carbonyl (C=O) groups is 1. The van der Waals surface area contributed by atoms with Crippen molar-refractivity contribution in [2.75, 3.05) is 20.8 Å². The molecule has 33 heavy (non-hydrogen) atoms. The molecule has 172 valence electrons. The number of aliphatic carboxylic acids is 1. The molecule has 0 bridgehead atoms. The van der Waals surface area contributed by atoms with E-state index in [0.29, 0.717) is 24.5 Å². The number of methoxy groups -OCH3 is 1. The van der Waals surface area contributed by atoms with Crippen molar-refractivity contribution < 1.29 is 28.9 Å². The van der Waals surface area contributed by atoms with E-state index in [1.807, 2.05) is 72.8 Å². The van der Waals surface area contributed by atoms with Gasteiger partial charge >= 0.3 is 5.97 Å². The molecule has 1 N–H and O–H groups in total. The van der Waals surface area contributed by atoms with E-state index in [1.54, 1.807) is 7.11 Å². The smallest absolute Gasteiger partial charge is 0.303 e. The molecule has 7 heteroatoms. The van der Waals surface area contributed by atoms with E-state index in [1.165, 1.54) is 7.11 Å². The van der Waals surface area contributed by atoms with Gasteiger partial charge in [0.25, 0.3) is 0 Å². The molecule has 0 unspecified atom stereocenters. The number of oxime groups is 1. The number of hydrogen-bond donors (Lipinski definition) is 1. The Morgan fingerprint density at radius 3 is 1.94 bits per heavy atom. The van der Waals surface area contributed by atoms with Gasteiger partial charge in [-0.3, -0.25) is 4.79 Å². The van der Waals surface area contributed by atoms with Gasteiger partial charge in [0.2, 0.25) is 0 Å². The van der Waals surface area contributed by atoms with Gasteiger partial charge in [0.1, 0.15) is 43.3 Å². The summed E-state index contributed by atoms with van der Waals surface area (Å²) in [5.74, 6) is 1.40. The normalized spacial score (nSPS) is 11.0. The zero-order valence-electron chi connectivity index (χ0n) is 18.7. The molecule has 3 aromatic rings. The predicted molar refractivity (Wildman–Crippen MR) is 125 cm³/mol. The Morgan fingerprint density at radius 1 is 0.788 bits per heavy atom. The second-order valence-electron chi connectivity index (χ2n) is 7.21. The highest BCUT2D eigenvalue weighted by Gasteiger charge is 2.07. The van der Waals surface area contributed by atoms with Gasteiger partial charge in [-0.1, -0.05) is 29.4 Å². The van der Waals surface area contributed by atoms with E-state index in [9.17, 15) is 4.79 Å². The Balaban J connectivity index is 1.51. The highest BCUT2D eigenvalue weighted by molar-refractivity contribution is 6.01. The van der Waals surface area contributed by atoms with E-state index < -0.39 is 5.97 Å². The topological polar surface area (TPSA) is 86.6 Å². The van der Waals surface area contributed by atoms with Crippen molar-refractivity contribution in [3.8, 4) is 17.2 Å². The minimum atomic E-state index is -0.800. The summed E-state index contributed by atoms with van der Waals surface area (Å²) in [5.41, 5.74) is 3.52. The van der Waals surface area contributed by atoms with Crippen LogP contribution in [0, 0.1) is 0 Å². The van der Waals surface area contributed by atoms with Crippen LogP contribution in [0.4, 0.5) is 0 Å². The molecule has 0 saturated carbocycles. The van der Waals surface area contributed by atoms with Crippen molar-refractivity contribution in [3.05, 3.63) is 89.5 Å². The second-order valence-corrected chi connectivity index (χ2v) is 7.21. The van der Waals surface area contributed by atoms with Gasteiger partial charge in [0.05, 0.1) is 7.11 Å². The molecule has 7 nitrogen and oxygen atoms in total. The lowest BCUT2D eigenvalue weighted by molar-refractivity contribution is -0.136. The van der Waals surface area contributed by atoms with Gasteiger partial charge in [-0.15, -0.1) is 0 Å². The van der Waals surface area contributed by atoms with Crippen molar-refractivity contribution in [1.29, 1.82) is 0 Å². The molecule has 0 spiro atoms. The SMILES string of the molecule is CON=C(COc1ccc(COc2ccc(CCC(=O)O)cc2)cc1)c1ccc(OC)cc1. The number of hydrogen-bond acceptors (Lipinski definition) is 6. The average Bonchev–Trinajstić information content (AvgIpc) is 2.85. The fourth-order valence-corrected chi connectivity index (χ4v) is 3.06. The monoisotopic (exact) mass is 449 g/mol. The van der Waals surface area contributed by atoms with E-state index >= 15 is 0 Å². The highest BCUT2D eigenvalue weighted by Crippen LogP contribution is 2.18. The summed E-state index contributed by atoms with van der Waals surface area (Å²) in [6.45, 7) is 0.668. The lowest BCUT2D eigenvalue weighted by Gasteiger charge is -2.11. The molecular formula is C26H27NO6. The Hall–Kier alpha value is -4.00. The van der Waals surface area contributed by atoms with Crippen molar-refractivity contribution >= 4 is 11.7 Å². The van der Waals surface area contributed by atoms with Crippen LogP contribution in [0.3, 0.4) is 0 Å². The number of rotatable bonds is 12. The van der Waals surface area contributed by atoms with E-state index in [0.717, 1.165) is 28.2 Å². The molecule has 3 aromatic carbocycles. The Labute approximate surface area is 193 Å². The number of nitrogens with zero attached hydrogens (tertiary/aromatic N) is 1. The molecule has 0 fully saturated rings. The zero-order chi connectivity index (χ0) is 23.5. The predicted octanol–water partition coefficient (Wildman–Crippen LogP) is 4.72. The van der Waals surface area contributed by atoms with Crippen LogP contribution in [0.25, 0.3) is 0 Å². The minimum Gasteiger partial charge on any atom is -0.497 e. The lowest BCUT2D eigenvalue weighted by atomic mass is 10.1. The van der Waals surface area contributed by atoms with Gasteiger partial charge in [-0.2, -0.15) is 0 Å². The first-order chi connectivity index (χ1) is 16.1. The summed E-state index contributed by atoms with van der Waals surface area (Å²) < 4.78 is 16.9. The van der Waals surface area contributed by atoms with Gasteiger partial charge in [-0.25, -0.2) is 0 Å².